The van der Waals surface area contributed by atoms with Crippen molar-refractivity contribution in [1.82, 2.24) is 4.90 Å². The minimum absolute atomic E-state index is 0.217. The van der Waals surface area contributed by atoms with Gasteiger partial charge in [0.15, 0.2) is 0 Å². The lowest BCUT2D eigenvalue weighted by Gasteiger charge is -2.46. The van der Waals surface area contributed by atoms with Gasteiger partial charge in [-0.05, 0) is 51.6 Å². The average molecular weight is 194 g/mol. The number of hydrogen-bond donors (Lipinski definition) is 0. The topological polar surface area (TPSA) is 52.0 Å². The quantitative estimate of drug-likeness (QED) is 0.359. The summed E-state index contributed by atoms with van der Waals surface area (Å²) >= 11 is 0. The van der Waals surface area contributed by atoms with Gasteiger partial charge in [0.05, 0.1) is 0 Å². The van der Waals surface area contributed by atoms with Crippen LogP contribution in [0.15, 0.2) is 5.11 Å². The molecule has 0 aliphatic carbocycles. The second-order valence-electron chi connectivity index (χ2n) is 5.10. The zero-order valence-corrected chi connectivity index (χ0v) is 8.98. The van der Waals surface area contributed by atoms with Crippen molar-refractivity contribution >= 4 is 0 Å². The molecule has 0 aromatic heterocycles. The van der Waals surface area contributed by atoms with Gasteiger partial charge in [0, 0.05) is 22.5 Å². The van der Waals surface area contributed by atoms with Crippen molar-refractivity contribution in [2.24, 2.45) is 5.11 Å². The molecule has 2 fully saturated rings. The van der Waals surface area contributed by atoms with Crippen LogP contribution in [0.3, 0.4) is 0 Å². The summed E-state index contributed by atoms with van der Waals surface area (Å²) in [4.78, 5) is 5.54. The Hall–Kier alpha value is -0.730. The minimum Gasteiger partial charge on any atom is -0.295 e. The minimum atomic E-state index is 0.217. The van der Waals surface area contributed by atoms with Crippen LogP contribution >= 0.6 is 0 Å². The van der Waals surface area contributed by atoms with Crippen molar-refractivity contribution in [3.05, 3.63) is 10.4 Å². The molecule has 0 aromatic rings. The van der Waals surface area contributed by atoms with Crippen LogP contribution in [0.25, 0.3) is 10.4 Å². The van der Waals surface area contributed by atoms with E-state index in [1.54, 1.807) is 0 Å². The molecule has 0 saturated carbocycles. The highest BCUT2D eigenvalue weighted by atomic mass is 15.3. The van der Waals surface area contributed by atoms with Gasteiger partial charge in [-0.1, -0.05) is 5.11 Å². The van der Waals surface area contributed by atoms with Gasteiger partial charge in [0.1, 0.15) is 0 Å². The monoisotopic (exact) mass is 194 g/mol. The average Bonchev–Trinajstić information content (AvgIpc) is 2.52. The van der Waals surface area contributed by atoms with E-state index in [-0.39, 0.29) is 11.6 Å². The van der Waals surface area contributed by atoms with E-state index in [1.807, 2.05) is 0 Å². The van der Waals surface area contributed by atoms with Gasteiger partial charge in [0.25, 0.3) is 0 Å². The van der Waals surface area contributed by atoms with Crippen molar-refractivity contribution in [2.45, 2.75) is 57.2 Å². The third-order valence-electron chi connectivity index (χ3n) is 3.65. The Bertz CT molecular complexity index is 267. The smallest absolute Gasteiger partial charge is 0.0406 e. The van der Waals surface area contributed by atoms with E-state index in [0.717, 1.165) is 12.8 Å². The fourth-order valence-corrected chi connectivity index (χ4v) is 3.13. The molecule has 0 bridgehead atoms. The van der Waals surface area contributed by atoms with Gasteiger partial charge in [-0.15, -0.1) is 0 Å². The zero-order valence-electron chi connectivity index (χ0n) is 8.98. The second kappa shape index (κ2) is 3.44. The number of azide groups is 1. The van der Waals surface area contributed by atoms with Crippen LogP contribution in [0.5, 0.6) is 0 Å². The molecular formula is C10H18N4. The second-order valence-corrected chi connectivity index (χ2v) is 5.10. The molecule has 0 amide bonds. The summed E-state index contributed by atoms with van der Waals surface area (Å²) < 4.78 is 0. The van der Waals surface area contributed by atoms with Gasteiger partial charge in [0.2, 0.25) is 0 Å². The van der Waals surface area contributed by atoms with E-state index in [9.17, 15) is 0 Å². The number of rotatable bonds is 1. The van der Waals surface area contributed by atoms with Crippen LogP contribution in [0, 0.1) is 0 Å². The predicted molar refractivity (Wildman–Crippen MR) is 56.0 cm³/mol. The summed E-state index contributed by atoms with van der Waals surface area (Å²) in [5.74, 6) is 0. The molecule has 0 unspecified atom stereocenters. The highest BCUT2D eigenvalue weighted by molar-refractivity contribution is 5.00. The van der Waals surface area contributed by atoms with E-state index in [4.69, 9.17) is 5.53 Å². The molecule has 2 aliphatic rings. The fraction of sp³-hybridized carbons (Fsp3) is 1.00. The van der Waals surface area contributed by atoms with Crippen molar-refractivity contribution in [3.63, 3.8) is 0 Å². The Morgan fingerprint density at radius 1 is 1.50 bits per heavy atom. The number of fused-ring (bicyclic) bond motifs is 1. The van der Waals surface area contributed by atoms with Crippen LogP contribution in [-0.4, -0.2) is 29.1 Å². The Labute approximate surface area is 84.9 Å². The third kappa shape index (κ3) is 1.60. The van der Waals surface area contributed by atoms with Crippen LogP contribution in [-0.2, 0) is 0 Å². The standard InChI is InChI=1S/C10H18N4/c1-10(2)7-8(12-13-11)6-9-4-3-5-14(9)10/h8-9H,3-7H2,1-2H3/t8-,9+/m1/s1. The van der Waals surface area contributed by atoms with Crippen molar-refractivity contribution in [3.8, 4) is 0 Å². The van der Waals surface area contributed by atoms with Crippen LogP contribution < -0.4 is 0 Å². The van der Waals surface area contributed by atoms with Gasteiger partial charge in [-0.3, -0.25) is 4.90 Å². The first-order valence-electron chi connectivity index (χ1n) is 5.44. The Morgan fingerprint density at radius 2 is 2.29 bits per heavy atom. The SMILES string of the molecule is CC1(C)C[C@H](N=[N+]=[N-])C[C@@H]2CCCN21. The molecule has 4 nitrogen and oxygen atoms in total. The summed E-state index contributed by atoms with van der Waals surface area (Å²) in [5.41, 5.74) is 8.69. The molecule has 2 atom stereocenters. The molecule has 0 spiro atoms. The first kappa shape index (κ1) is 9.81. The van der Waals surface area contributed by atoms with Crippen LogP contribution in [0.1, 0.15) is 39.5 Å². The van der Waals surface area contributed by atoms with Gasteiger partial charge >= 0.3 is 0 Å². The van der Waals surface area contributed by atoms with Crippen molar-refractivity contribution in [1.29, 1.82) is 0 Å². The Balaban J connectivity index is 2.15. The molecule has 14 heavy (non-hydrogen) atoms. The molecule has 2 heterocycles. The molecule has 2 aliphatic heterocycles. The zero-order chi connectivity index (χ0) is 10.2. The normalized spacial score (nSPS) is 36.1. The predicted octanol–water partition coefficient (Wildman–Crippen LogP) is 2.70. The molecule has 78 valence electrons. The van der Waals surface area contributed by atoms with Crippen LogP contribution in [0.2, 0.25) is 0 Å². The summed E-state index contributed by atoms with van der Waals surface area (Å²) in [6.07, 6.45) is 4.65. The van der Waals surface area contributed by atoms with Gasteiger partial charge in [-0.25, -0.2) is 0 Å². The van der Waals surface area contributed by atoms with Gasteiger partial charge < -0.3 is 0 Å². The molecule has 4 heteroatoms. The summed E-state index contributed by atoms with van der Waals surface area (Å²) in [6, 6.07) is 0.878. The summed E-state index contributed by atoms with van der Waals surface area (Å²) in [7, 11) is 0. The third-order valence-corrected chi connectivity index (χ3v) is 3.65. The van der Waals surface area contributed by atoms with E-state index in [1.165, 1.54) is 19.4 Å². The number of piperidine rings is 1. The lowest BCUT2D eigenvalue weighted by Crippen LogP contribution is -2.53. The molecular weight excluding hydrogens is 176 g/mol. The fourth-order valence-electron chi connectivity index (χ4n) is 3.13. The lowest BCUT2D eigenvalue weighted by molar-refractivity contribution is 0.0463. The van der Waals surface area contributed by atoms with Crippen molar-refractivity contribution < 1.29 is 0 Å². The van der Waals surface area contributed by atoms with E-state index < -0.39 is 0 Å². The number of nitrogens with zero attached hydrogens (tertiary/aromatic N) is 4. The maximum Gasteiger partial charge on any atom is 0.0406 e. The molecule has 0 radical (unpaired) electrons. The van der Waals surface area contributed by atoms with E-state index in [0.29, 0.717) is 6.04 Å². The first-order chi connectivity index (χ1) is 6.63. The lowest BCUT2D eigenvalue weighted by atomic mass is 9.84. The molecule has 2 rings (SSSR count). The Morgan fingerprint density at radius 3 is 3.00 bits per heavy atom. The van der Waals surface area contributed by atoms with Gasteiger partial charge in [-0.2, -0.15) is 0 Å². The number of hydrogen-bond acceptors (Lipinski definition) is 2. The molecule has 2 saturated heterocycles. The van der Waals surface area contributed by atoms with Crippen LogP contribution in [0.4, 0.5) is 0 Å². The van der Waals surface area contributed by atoms with E-state index in [2.05, 4.69) is 28.8 Å². The summed E-state index contributed by atoms with van der Waals surface area (Å²) in [6.45, 7) is 5.76. The molecule has 0 aromatic carbocycles. The Kier molecular flexibility index (Phi) is 2.41. The highest BCUT2D eigenvalue weighted by Crippen LogP contribution is 2.38. The largest absolute Gasteiger partial charge is 0.295 e. The summed E-state index contributed by atoms with van der Waals surface area (Å²) in [5, 5.41) is 3.89. The maximum atomic E-state index is 8.47. The van der Waals surface area contributed by atoms with E-state index >= 15 is 0 Å². The first-order valence-corrected chi connectivity index (χ1v) is 5.44. The van der Waals surface area contributed by atoms with Crippen molar-refractivity contribution in [2.75, 3.05) is 6.54 Å². The molecule has 0 N–H and O–H groups in total. The maximum absolute atomic E-state index is 8.47. The highest BCUT2D eigenvalue weighted by Gasteiger charge is 2.42.